The largest absolute Gasteiger partial charge is 0.444 e. The first-order valence-electron chi connectivity index (χ1n) is 16.4. The first-order chi connectivity index (χ1) is 22.6. The zero-order valence-electron chi connectivity index (χ0n) is 29.3. The van der Waals surface area contributed by atoms with Gasteiger partial charge in [0.1, 0.15) is 5.60 Å². The number of Topliss-reactive ketones (excluding diaryl/α,β-unsaturated/α-hetero) is 1. The number of nitrogens with one attached hydrogen (secondary N) is 2. The number of anilines is 1. The molecule has 0 unspecified atom stereocenters. The van der Waals surface area contributed by atoms with Crippen LogP contribution in [0.3, 0.4) is 0 Å². The van der Waals surface area contributed by atoms with Gasteiger partial charge in [-0.2, -0.15) is 11.8 Å². The SMILES string of the molecule is CSCC[C@](C(=O)NCc1ccccc1)(C(=O)[C@H](CC(C)C)C[C@@H](O)[C@@H](NC(=O)OC(C)(C)C)[C@@H](C)O)N(C(=O)CN)c1ccccc1. The molecule has 2 rings (SSSR count). The van der Waals surface area contributed by atoms with Crippen molar-refractivity contribution in [1.82, 2.24) is 10.6 Å². The minimum absolute atomic E-state index is 0.0328. The molecule has 12 heteroatoms. The number of hydrogen-bond acceptors (Lipinski definition) is 9. The predicted molar refractivity (Wildman–Crippen MR) is 190 cm³/mol. The monoisotopic (exact) mass is 686 g/mol. The van der Waals surface area contributed by atoms with E-state index in [0.29, 0.717) is 11.4 Å². The van der Waals surface area contributed by atoms with Crippen LogP contribution in [0.2, 0.25) is 0 Å². The summed E-state index contributed by atoms with van der Waals surface area (Å²) in [5.41, 5.74) is 4.20. The van der Waals surface area contributed by atoms with Gasteiger partial charge in [0.15, 0.2) is 11.3 Å². The highest BCUT2D eigenvalue weighted by Crippen LogP contribution is 2.36. The number of para-hydroxylation sites is 1. The van der Waals surface area contributed by atoms with E-state index in [1.54, 1.807) is 51.1 Å². The molecule has 48 heavy (non-hydrogen) atoms. The topological polar surface area (TPSA) is 171 Å². The summed E-state index contributed by atoms with van der Waals surface area (Å²) in [5.74, 6) is -2.54. The standard InChI is InChI=1S/C36H54N4O7S/c1-24(2)20-27(21-29(42)31(25(3)41)39-34(46)47-35(4,5)6)32(44)36(18-19-48-7,33(45)38-23-26-14-10-8-11-15-26)40(30(43)22-37)28-16-12-9-13-17-28/h8-17,24-25,27,29,31,41-42H,18-23,37H2,1-7H3,(H,38,45)(H,39,46)/t25-,27-,29-,31+,36-/m1/s1. The summed E-state index contributed by atoms with van der Waals surface area (Å²) in [5, 5.41) is 27.6. The highest BCUT2D eigenvalue weighted by Gasteiger charge is 2.55. The lowest BCUT2D eigenvalue weighted by atomic mass is 9.75. The smallest absolute Gasteiger partial charge is 0.408 e. The fourth-order valence-corrected chi connectivity index (χ4v) is 6.23. The molecule has 0 saturated heterocycles. The Bertz CT molecular complexity index is 1320. The van der Waals surface area contributed by atoms with Crippen molar-refractivity contribution in [3.8, 4) is 0 Å². The van der Waals surface area contributed by atoms with Crippen molar-refractivity contribution in [3.05, 3.63) is 66.2 Å². The molecule has 6 N–H and O–H groups in total. The Morgan fingerprint density at radius 1 is 0.938 bits per heavy atom. The lowest BCUT2D eigenvalue weighted by molar-refractivity contribution is -0.142. The Kier molecular flexibility index (Phi) is 16.1. The fourth-order valence-electron chi connectivity index (χ4n) is 5.73. The maximum absolute atomic E-state index is 15.2. The highest BCUT2D eigenvalue weighted by atomic mass is 32.2. The van der Waals surface area contributed by atoms with Gasteiger partial charge in [-0.25, -0.2) is 4.79 Å². The van der Waals surface area contributed by atoms with E-state index < -0.39 is 65.5 Å². The summed E-state index contributed by atoms with van der Waals surface area (Å²) in [6.07, 6.45) is -1.61. The number of amides is 3. The fraction of sp³-hybridized carbons (Fsp3) is 0.556. The molecule has 0 heterocycles. The van der Waals surface area contributed by atoms with Crippen LogP contribution in [0.5, 0.6) is 0 Å². The molecule has 266 valence electrons. The van der Waals surface area contributed by atoms with Gasteiger partial charge in [0.25, 0.3) is 5.91 Å². The first kappa shape index (κ1) is 40.7. The number of ether oxygens (including phenoxy) is 1. The van der Waals surface area contributed by atoms with E-state index in [0.717, 1.165) is 5.56 Å². The zero-order chi connectivity index (χ0) is 36.1. The third-order valence-electron chi connectivity index (χ3n) is 7.84. The molecule has 2 aromatic rings. The van der Waals surface area contributed by atoms with E-state index in [4.69, 9.17) is 10.5 Å². The molecular formula is C36H54N4O7S. The van der Waals surface area contributed by atoms with Crippen LogP contribution in [0.25, 0.3) is 0 Å². The molecule has 0 fully saturated rings. The molecule has 0 aliphatic heterocycles. The van der Waals surface area contributed by atoms with E-state index in [1.807, 2.05) is 50.4 Å². The summed E-state index contributed by atoms with van der Waals surface area (Å²) in [6, 6.07) is 16.5. The number of aliphatic hydroxyl groups is 2. The Morgan fingerprint density at radius 3 is 2.02 bits per heavy atom. The number of carbonyl (C=O) groups is 4. The van der Waals surface area contributed by atoms with Gasteiger partial charge in [-0.1, -0.05) is 62.4 Å². The molecule has 0 saturated carbocycles. The Labute approximate surface area is 289 Å². The lowest BCUT2D eigenvalue weighted by Gasteiger charge is -2.44. The second-order valence-electron chi connectivity index (χ2n) is 13.4. The van der Waals surface area contributed by atoms with Crippen LogP contribution in [0, 0.1) is 11.8 Å². The number of hydrogen-bond donors (Lipinski definition) is 5. The van der Waals surface area contributed by atoms with Gasteiger partial charge < -0.3 is 31.3 Å². The highest BCUT2D eigenvalue weighted by molar-refractivity contribution is 7.98. The van der Waals surface area contributed by atoms with Gasteiger partial charge in [-0.05, 0) is 82.6 Å². The molecule has 0 radical (unpaired) electrons. The van der Waals surface area contributed by atoms with Crippen molar-refractivity contribution in [2.75, 3.05) is 23.5 Å². The predicted octanol–water partition coefficient (Wildman–Crippen LogP) is 4.04. The molecule has 0 spiro atoms. The molecule has 0 aliphatic carbocycles. The molecule has 11 nitrogen and oxygen atoms in total. The van der Waals surface area contributed by atoms with Crippen molar-refractivity contribution >= 4 is 41.1 Å². The van der Waals surface area contributed by atoms with E-state index in [2.05, 4.69) is 10.6 Å². The van der Waals surface area contributed by atoms with Crippen molar-refractivity contribution < 1.29 is 34.1 Å². The number of rotatable bonds is 18. The molecule has 5 atom stereocenters. The minimum Gasteiger partial charge on any atom is -0.444 e. The summed E-state index contributed by atoms with van der Waals surface area (Å²) < 4.78 is 5.35. The third kappa shape index (κ3) is 11.6. The molecule has 0 bridgehead atoms. The van der Waals surface area contributed by atoms with Crippen LogP contribution in [-0.4, -0.2) is 81.8 Å². The molecule has 0 aliphatic rings. The van der Waals surface area contributed by atoms with Gasteiger partial charge >= 0.3 is 6.09 Å². The average molecular weight is 687 g/mol. The number of carbonyl (C=O) groups excluding carboxylic acids is 4. The van der Waals surface area contributed by atoms with Crippen LogP contribution < -0.4 is 21.3 Å². The van der Waals surface area contributed by atoms with E-state index >= 15 is 4.79 Å². The van der Waals surface area contributed by atoms with Crippen LogP contribution >= 0.6 is 11.8 Å². The number of benzene rings is 2. The van der Waals surface area contributed by atoms with Crippen molar-refractivity contribution in [2.45, 2.75) is 96.7 Å². The second kappa shape index (κ2) is 18.9. The summed E-state index contributed by atoms with van der Waals surface area (Å²) in [4.78, 5) is 57.6. The number of nitrogens with zero attached hydrogens (tertiary/aromatic N) is 1. The Morgan fingerprint density at radius 2 is 1.52 bits per heavy atom. The number of alkyl carbamates (subject to hydrolysis) is 1. The van der Waals surface area contributed by atoms with Crippen LogP contribution in [0.4, 0.5) is 10.5 Å². The maximum atomic E-state index is 15.2. The third-order valence-corrected chi connectivity index (χ3v) is 8.45. The van der Waals surface area contributed by atoms with Crippen molar-refractivity contribution in [1.29, 1.82) is 0 Å². The van der Waals surface area contributed by atoms with Crippen molar-refractivity contribution in [3.63, 3.8) is 0 Å². The lowest BCUT2D eigenvalue weighted by Crippen LogP contribution is -2.68. The normalized spacial score (nSPS) is 15.4. The van der Waals surface area contributed by atoms with Gasteiger partial charge in [0.05, 0.1) is 24.8 Å². The van der Waals surface area contributed by atoms with Gasteiger partial charge in [-0.3, -0.25) is 19.3 Å². The van der Waals surface area contributed by atoms with E-state index in [-0.39, 0.29) is 31.7 Å². The van der Waals surface area contributed by atoms with Gasteiger partial charge in [0, 0.05) is 18.2 Å². The van der Waals surface area contributed by atoms with Crippen LogP contribution in [0.15, 0.2) is 60.7 Å². The van der Waals surface area contributed by atoms with Crippen LogP contribution in [-0.2, 0) is 25.7 Å². The summed E-state index contributed by atoms with van der Waals surface area (Å²) >= 11 is 1.42. The zero-order valence-corrected chi connectivity index (χ0v) is 30.1. The second-order valence-corrected chi connectivity index (χ2v) is 14.4. The Balaban J connectivity index is 2.72. The number of thioether (sulfide) groups is 1. The van der Waals surface area contributed by atoms with E-state index in [1.165, 1.54) is 23.6 Å². The number of ketones is 1. The van der Waals surface area contributed by atoms with Gasteiger partial charge in [-0.15, -0.1) is 0 Å². The molecule has 3 amide bonds. The molecule has 0 aromatic heterocycles. The molecular weight excluding hydrogens is 632 g/mol. The number of nitrogens with two attached hydrogens (primary N) is 1. The van der Waals surface area contributed by atoms with Crippen LogP contribution in [0.1, 0.15) is 66.4 Å². The molecule has 2 aromatic carbocycles. The Hall–Kier alpha value is -3.45. The van der Waals surface area contributed by atoms with Crippen molar-refractivity contribution in [2.24, 2.45) is 17.6 Å². The summed E-state index contributed by atoms with van der Waals surface area (Å²) in [6.45, 7) is 9.96. The number of aliphatic hydroxyl groups excluding tert-OH is 2. The minimum atomic E-state index is -2.05. The average Bonchev–Trinajstić information content (AvgIpc) is 3.03. The van der Waals surface area contributed by atoms with E-state index in [9.17, 15) is 24.6 Å². The van der Waals surface area contributed by atoms with Gasteiger partial charge in [0.2, 0.25) is 5.91 Å². The summed E-state index contributed by atoms with van der Waals surface area (Å²) in [7, 11) is 0. The first-order valence-corrected chi connectivity index (χ1v) is 17.8. The maximum Gasteiger partial charge on any atom is 0.408 e. The quantitative estimate of drug-likeness (QED) is 0.145.